The Hall–Kier alpha value is -1.38. The second-order valence-corrected chi connectivity index (χ2v) is 2.83. The molecule has 0 bridgehead atoms. The maximum Gasteiger partial charge on any atom is 0.216 e. The molecule has 0 saturated carbocycles. The normalized spacial score (nSPS) is 10.4. The number of pyridine rings is 1. The molecule has 3 nitrogen and oxygen atoms in total. The third-order valence-electron chi connectivity index (χ3n) is 1.95. The van der Waals surface area contributed by atoms with Crippen LogP contribution in [0.15, 0.2) is 17.1 Å². The molecular formula is C12H20N2O. The molecule has 1 aromatic heterocycles. The molecule has 0 amide bonds. The summed E-state index contributed by atoms with van der Waals surface area (Å²) in [5.74, 6) is 0.667. The molecule has 0 radical (unpaired) electrons. The van der Waals surface area contributed by atoms with E-state index >= 15 is 0 Å². The summed E-state index contributed by atoms with van der Waals surface area (Å²) in [7, 11) is 3.38. The Balaban J connectivity index is 0.000000921. The monoisotopic (exact) mass is 208 g/mol. The molecular weight excluding hydrogens is 188 g/mol. The first-order valence-electron chi connectivity index (χ1n) is 5.14. The van der Waals surface area contributed by atoms with Crippen LogP contribution in [0.3, 0.4) is 0 Å². The lowest BCUT2D eigenvalue weighted by molar-refractivity contribution is 0.394. The van der Waals surface area contributed by atoms with Gasteiger partial charge in [0.05, 0.1) is 18.5 Å². The highest BCUT2D eigenvalue weighted by atomic mass is 16.5. The molecule has 0 spiro atoms. The fourth-order valence-corrected chi connectivity index (χ4v) is 1.03. The highest BCUT2D eigenvalue weighted by Crippen LogP contribution is 2.14. The van der Waals surface area contributed by atoms with Gasteiger partial charge >= 0.3 is 0 Å². The zero-order valence-corrected chi connectivity index (χ0v) is 10.5. The highest BCUT2D eigenvalue weighted by molar-refractivity contribution is 5.96. The van der Waals surface area contributed by atoms with Gasteiger partial charge in [-0.15, -0.1) is 0 Å². The molecule has 0 aliphatic heterocycles. The maximum atomic E-state index is 5.11. The van der Waals surface area contributed by atoms with Crippen molar-refractivity contribution in [3.05, 3.63) is 23.4 Å². The summed E-state index contributed by atoms with van der Waals surface area (Å²) in [6.07, 6.45) is 0. The number of methoxy groups -OCH3 is 1. The molecule has 0 aromatic carbocycles. The Bertz CT molecular complexity index is 332. The predicted octanol–water partition coefficient (Wildman–Crippen LogP) is 2.86. The van der Waals surface area contributed by atoms with Crippen molar-refractivity contribution >= 4 is 5.71 Å². The van der Waals surface area contributed by atoms with Crippen molar-refractivity contribution < 1.29 is 4.74 Å². The summed E-state index contributed by atoms with van der Waals surface area (Å²) in [6, 6.07) is 3.93. The van der Waals surface area contributed by atoms with Gasteiger partial charge in [-0.05, 0) is 19.9 Å². The van der Waals surface area contributed by atoms with Crippen molar-refractivity contribution in [2.24, 2.45) is 4.99 Å². The third-order valence-corrected chi connectivity index (χ3v) is 1.95. The van der Waals surface area contributed by atoms with Crippen molar-refractivity contribution in [2.75, 3.05) is 14.2 Å². The van der Waals surface area contributed by atoms with E-state index in [1.807, 2.05) is 39.8 Å². The number of aromatic nitrogens is 1. The van der Waals surface area contributed by atoms with E-state index in [1.165, 1.54) is 0 Å². The molecule has 0 saturated heterocycles. The topological polar surface area (TPSA) is 34.5 Å². The Morgan fingerprint density at radius 2 is 1.93 bits per heavy atom. The Morgan fingerprint density at radius 1 is 1.33 bits per heavy atom. The largest absolute Gasteiger partial charge is 0.481 e. The molecule has 0 aliphatic rings. The van der Waals surface area contributed by atoms with Crippen LogP contribution in [0.1, 0.15) is 32.0 Å². The van der Waals surface area contributed by atoms with Crippen LogP contribution in [-0.2, 0) is 0 Å². The zero-order chi connectivity index (χ0) is 11.8. The van der Waals surface area contributed by atoms with Crippen LogP contribution < -0.4 is 4.74 Å². The van der Waals surface area contributed by atoms with E-state index < -0.39 is 0 Å². The zero-order valence-electron chi connectivity index (χ0n) is 10.5. The van der Waals surface area contributed by atoms with Crippen LogP contribution in [0.5, 0.6) is 5.88 Å². The van der Waals surface area contributed by atoms with Crippen molar-refractivity contribution in [3.8, 4) is 5.88 Å². The van der Waals surface area contributed by atoms with Gasteiger partial charge < -0.3 is 4.74 Å². The minimum atomic E-state index is 0.667. The molecule has 3 heteroatoms. The minimum Gasteiger partial charge on any atom is -0.481 e. The second-order valence-electron chi connectivity index (χ2n) is 2.83. The summed E-state index contributed by atoms with van der Waals surface area (Å²) in [5, 5.41) is 0. The van der Waals surface area contributed by atoms with Gasteiger partial charge in [0, 0.05) is 12.6 Å². The van der Waals surface area contributed by atoms with Crippen molar-refractivity contribution in [2.45, 2.75) is 27.7 Å². The van der Waals surface area contributed by atoms with Gasteiger partial charge in [-0.25, -0.2) is 4.98 Å². The Morgan fingerprint density at radius 3 is 2.40 bits per heavy atom. The summed E-state index contributed by atoms with van der Waals surface area (Å²) < 4.78 is 5.11. The first-order valence-corrected chi connectivity index (χ1v) is 5.14. The molecule has 0 aliphatic carbocycles. The summed E-state index contributed by atoms with van der Waals surface area (Å²) in [4.78, 5) is 8.37. The second kappa shape index (κ2) is 6.98. The van der Waals surface area contributed by atoms with Crippen LogP contribution in [0, 0.1) is 6.92 Å². The SMILES string of the molecule is CC.CN=C(C)c1ccc(C)c(OC)n1. The molecule has 84 valence electrons. The van der Waals surface area contributed by atoms with Gasteiger partial charge in [-0.2, -0.15) is 0 Å². The highest BCUT2D eigenvalue weighted by Gasteiger charge is 2.03. The predicted molar refractivity (Wildman–Crippen MR) is 65.0 cm³/mol. The first-order chi connectivity index (χ1) is 7.19. The van der Waals surface area contributed by atoms with E-state index in [1.54, 1.807) is 14.2 Å². The molecule has 0 unspecified atom stereocenters. The summed E-state index contributed by atoms with van der Waals surface area (Å²) >= 11 is 0. The van der Waals surface area contributed by atoms with E-state index in [4.69, 9.17) is 4.74 Å². The van der Waals surface area contributed by atoms with Gasteiger partial charge in [0.25, 0.3) is 0 Å². The molecule has 0 fully saturated rings. The van der Waals surface area contributed by atoms with Crippen LogP contribution in [-0.4, -0.2) is 24.9 Å². The molecule has 1 rings (SSSR count). The number of nitrogens with zero attached hydrogens (tertiary/aromatic N) is 2. The number of aryl methyl sites for hydroxylation is 1. The van der Waals surface area contributed by atoms with E-state index in [0.29, 0.717) is 5.88 Å². The first kappa shape index (κ1) is 13.6. The molecule has 15 heavy (non-hydrogen) atoms. The number of aliphatic imine (C=N–C) groups is 1. The summed E-state index contributed by atoms with van der Waals surface area (Å²) in [5.41, 5.74) is 2.82. The summed E-state index contributed by atoms with van der Waals surface area (Å²) in [6.45, 7) is 7.89. The maximum absolute atomic E-state index is 5.11. The van der Waals surface area contributed by atoms with Crippen LogP contribution in [0.4, 0.5) is 0 Å². The van der Waals surface area contributed by atoms with E-state index in [-0.39, 0.29) is 0 Å². The lowest BCUT2D eigenvalue weighted by Crippen LogP contribution is -2.01. The standard InChI is InChI=1S/C10H14N2O.C2H6/c1-7-5-6-9(8(2)11-3)12-10(7)13-4;1-2/h5-6H,1-4H3;1-2H3. The van der Waals surface area contributed by atoms with Gasteiger partial charge in [0.1, 0.15) is 0 Å². The van der Waals surface area contributed by atoms with Gasteiger partial charge in [0.15, 0.2) is 0 Å². The number of hydrogen-bond acceptors (Lipinski definition) is 3. The quantitative estimate of drug-likeness (QED) is 0.700. The molecule has 1 aromatic rings. The van der Waals surface area contributed by atoms with Gasteiger partial charge in [-0.3, -0.25) is 4.99 Å². The van der Waals surface area contributed by atoms with Crippen molar-refractivity contribution in [1.29, 1.82) is 0 Å². The van der Waals surface area contributed by atoms with Crippen molar-refractivity contribution in [1.82, 2.24) is 4.98 Å². The molecule has 0 atom stereocenters. The van der Waals surface area contributed by atoms with Crippen molar-refractivity contribution in [3.63, 3.8) is 0 Å². The average molecular weight is 208 g/mol. The number of rotatable bonds is 2. The smallest absolute Gasteiger partial charge is 0.216 e. The fraction of sp³-hybridized carbons (Fsp3) is 0.500. The van der Waals surface area contributed by atoms with Crippen LogP contribution in [0.2, 0.25) is 0 Å². The number of ether oxygens (including phenoxy) is 1. The average Bonchev–Trinajstić information content (AvgIpc) is 2.31. The fourth-order valence-electron chi connectivity index (χ4n) is 1.03. The van der Waals surface area contributed by atoms with E-state index in [9.17, 15) is 0 Å². The Kier molecular flexibility index (Phi) is 6.34. The van der Waals surface area contributed by atoms with E-state index in [2.05, 4.69) is 9.98 Å². The third kappa shape index (κ3) is 3.70. The van der Waals surface area contributed by atoms with Gasteiger partial charge in [-0.1, -0.05) is 19.9 Å². The number of hydrogen-bond donors (Lipinski definition) is 0. The minimum absolute atomic E-state index is 0.667. The van der Waals surface area contributed by atoms with E-state index in [0.717, 1.165) is 17.0 Å². The van der Waals surface area contributed by atoms with Crippen LogP contribution >= 0.6 is 0 Å². The molecule has 0 N–H and O–H groups in total. The lowest BCUT2D eigenvalue weighted by Gasteiger charge is -2.05. The molecule has 1 heterocycles. The van der Waals surface area contributed by atoms with Gasteiger partial charge in [0.2, 0.25) is 5.88 Å². The lowest BCUT2D eigenvalue weighted by atomic mass is 10.2. The Labute approximate surface area is 92.2 Å². The van der Waals surface area contributed by atoms with Crippen LogP contribution in [0.25, 0.3) is 0 Å².